The molecular weight excluding hydrogens is 318 g/mol. The van der Waals surface area contributed by atoms with Gasteiger partial charge in [0.25, 0.3) is 0 Å². The molecule has 1 atom stereocenters. The Morgan fingerprint density at radius 2 is 2.13 bits per heavy atom. The fourth-order valence-corrected chi connectivity index (χ4v) is 3.98. The number of carbonyl (C=O) groups excluding carboxylic acids is 1. The van der Waals surface area contributed by atoms with Crippen LogP contribution in [-0.4, -0.2) is 48.0 Å². The van der Waals surface area contributed by atoms with E-state index >= 15 is 0 Å². The average Bonchev–Trinajstić information content (AvgIpc) is 3.00. The first-order valence-electron chi connectivity index (χ1n) is 7.77. The van der Waals surface area contributed by atoms with E-state index in [0.29, 0.717) is 26.1 Å². The van der Waals surface area contributed by atoms with Crippen LogP contribution in [0.5, 0.6) is 0 Å². The Kier molecular flexibility index (Phi) is 5.30. The molecule has 8 nitrogen and oxygen atoms in total. The van der Waals surface area contributed by atoms with Crippen molar-refractivity contribution in [2.24, 2.45) is 11.1 Å². The lowest BCUT2D eigenvalue weighted by atomic mass is 10.2. The number of nitrogens with two attached hydrogens (primary N) is 1. The van der Waals surface area contributed by atoms with Crippen molar-refractivity contribution in [1.29, 1.82) is 0 Å². The van der Waals surface area contributed by atoms with Gasteiger partial charge in [-0.2, -0.15) is 5.10 Å². The zero-order valence-electron chi connectivity index (χ0n) is 13.9. The first kappa shape index (κ1) is 17.7. The minimum Gasteiger partial charge on any atom is -0.334 e. The predicted molar refractivity (Wildman–Crippen MR) is 87.3 cm³/mol. The summed E-state index contributed by atoms with van der Waals surface area (Å²) in [6.07, 6.45) is 0.662. The van der Waals surface area contributed by atoms with Gasteiger partial charge in [0.05, 0.1) is 11.4 Å². The third-order valence-corrected chi connectivity index (χ3v) is 5.22. The Balaban J connectivity index is 1.90. The van der Waals surface area contributed by atoms with Gasteiger partial charge in [0.2, 0.25) is 10.0 Å². The number of nitrogens with zero attached hydrogens (tertiary/aromatic N) is 3. The smallest absolute Gasteiger partial charge is 0.317 e. The van der Waals surface area contributed by atoms with Gasteiger partial charge < -0.3 is 10.2 Å². The quantitative estimate of drug-likeness (QED) is 0.803. The van der Waals surface area contributed by atoms with Crippen LogP contribution in [0.1, 0.15) is 30.3 Å². The monoisotopic (exact) mass is 343 g/mol. The summed E-state index contributed by atoms with van der Waals surface area (Å²) in [4.78, 5) is 13.9. The molecule has 0 unspecified atom stereocenters. The van der Waals surface area contributed by atoms with Crippen LogP contribution >= 0.6 is 0 Å². The number of likely N-dealkylation sites (tertiary alicyclic amines) is 1. The highest BCUT2D eigenvalue weighted by Gasteiger charge is 2.28. The van der Waals surface area contributed by atoms with Gasteiger partial charge in [-0.25, -0.2) is 18.4 Å². The molecule has 1 saturated heterocycles. The molecule has 1 aliphatic heterocycles. The molecule has 1 aromatic rings. The fourth-order valence-electron chi connectivity index (χ4n) is 3.06. The van der Waals surface area contributed by atoms with E-state index in [1.54, 1.807) is 4.90 Å². The van der Waals surface area contributed by atoms with Crippen molar-refractivity contribution in [2.45, 2.75) is 40.3 Å². The van der Waals surface area contributed by atoms with Crippen LogP contribution < -0.4 is 10.5 Å². The Bertz CT molecular complexity index is 683. The number of rotatable bonds is 5. The summed E-state index contributed by atoms with van der Waals surface area (Å²) in [7, 11) is -3.49. The number of aryl methyl sites for hydroxylation is 2. The second-order valence-electron chi connectivity index (χ2n) is 6.05. The number of carbonyl (C=O) groups is 1. The molecule has 2 heterocycles. The second-order valence-corrected chi connectivity index (χ2v) is 7.71. The van der Waals surface area contributed by atoms with Crippen molar-refractivity contribution < 1.29 is 13.2 Å². The number of primary sulfonamides is 1. The highest BCUT2D eigenvalue weighted by Crippen LogP contribution is 2.18. The largest absolute Gasteiger partial charge is 0.334 e. The van der Waals surface area contributed by atoms with E-state index in [1.807, 2.05) is 25.5 Å². The van der Waals surface area contributed by atoms with Crippen molar-refractivity contribution in [1.82, 2.24) is 20.0 Å². The zero-order valence-corrected chi connectivity index (χ0v) is 14.7. The number of urea groups is 1. The molecule has 1 aromatic heterocycles. The Labute approximate surface area is 137 Å². The van der Waals surface area contributed by atoms with Gasteiger partial charge in [-0.05, 0) is 33.1 Å². The molecule has 130 valence electrons. The summed E-state index contributed by atoms with van der Waals surface area (Å²) in [6.45, 7) is 8.14. The van der Waals surface area contributed by atoms with Gasteiger partial charge in [0.15, 0.2) is 0 Å². The molecule has 0 saturated carbocycles. The molecule has 1 fully saturated rings. The molecule has 0 radical (unpaired) electrons. The molecule has 0 spiro atoms. The Morgan fingerprint density at radius 1 is 1.43 bits per heavy atom. The third kappa shape index (κ3) is 4.44. The van der Waals surface area contributed by atoms with Crippen LogP contribution in [0.3, 0.4) is 0 Å². The Morgan fingerprint density at radius 3 is 2.70 bits per heavy atom. The van der Waals surface area contributed by atoms with Gasteiger partial charge >= 0.3 is 6.03 Å². The average molecular weight is 343 g/mol. The van der Waals surface area contributed by atoms with Crippen molar-refractivity contribution in [3.05, 3.63) is 17.0 Å². The highest BCUT2D eigenvalue weighted by molar-refractivity contribution is 7.89. The number of aromatic nitrogens is 2. The number of nitrogens with one attached hydrogen (secondary N) is 1. The summed E-state index contributed by atoms with van der Waals surface area (Å²) in [6, 6.07) is -0.176. The number of hydrogen-bond donors (Lipinski definition) is 2. The van der Waals surface area contributed by atoms with Gasteiger partial charge in [-0.15, -0.1) is 0 Å². The number of hydrogen-bond acceptors (Lipinski definition) is 4. The molecule has 2 amide bonds. The van der Waals surface area contributed by atoms with Crippen LogP contribution in [0, 0.1) is 19.8 Å². The van der Waals surface area contributed by atoms with Crippen LogP contribution in [-0.2, 0) is 23.1 Å². The maximum atomic E-state index is 12.2. The summed E-state index contributed by atoms with van der Waals surface area (Å²) < 4.78 is 24.2. The van der Waals surface area contributed by atoms with E-state index in [2.05, 4.69) is 10.4 Å². The molecule has 0 aromatic carbocycles. The Hall–Kier alpha value is -1.61. The summed E-state index contributed by atoms with van der Waals surface area (Å²) in [5.74, 6) is -0.153. The zero-order chi connectivity index (χ0) is 17.2. The van der Waals surface area contributed by atoms with Crippen LogP contribution in [0.15, 0.2) is 0 Å². The lowest BCUT2D eigenvalue weighted by molar-refractivity contribution is 0.207. The fraction of sp³-hybridized carbons (Fsp3) is 0.714. The molecular formula is C14H25N5O3S. The normalized spacial score (nSPS) is 18.4. The minimum absolute atomic E-state index is 0.0712. The molecule has 0 bridgehead atoms. The minimum atomic E-state index is -3.49. The summed E-state index contributed by atoms with van der Waals surface area (Å²) in [5.41, 5.74) is 3.00. The van der Waals surface area contributed by atoms with Crippen molar-refractivity contribution in [3.63, 3.8) is 0 Å². The van der Waals surface area contributed by atoms with E-state index in [1.165, 1.54) is 0 Å². The van der Waals surface area contributed by atoms with Gasteiger partial charge in [-0.3, -0.25) is 4.68 Å². The van der Waals surface area contributed by atoms with Crippen LogP contribution in [0.4, 0.5) is 4.79 Å². The van der Waals surface area contributed by atoms with Crippen LogP contribution in [0.2, 0.25) is 0 Å². The van der Waals surface area contributed by atoms with Crippen LogP contribution in [0.25, 0.3) is 0 Å². The molecule has 1 aliphatic rings. The van der Waals surface area contributed by atoms with Crippen molar-refractivity contribution in [2.75, 3.05) is 18.8 Å². The van der Waals surface area contributed by atoms with Gasteiger partial charge in [-0.1, -0.05) is 0 Å². The van der Waals surface area contributed by atoms with Crippen molar-refractivity contribution in [3.8, 4) is 0 Å². The molecule has 9 heteroatoms. The van der Waals surface area contributed by atoms with E-state index in [4.69, 9.17) is 5.14 Å². The summed E-state index contributed by atoms with van der Waals surface area (Å²) in [5, 5.41) is 12.4. The first-order valence-corrected chi connectivity index (χ1v) is 9.49. The lowest BCUT2D eigenvalue weighted by Crippen LogP contribution is -2.38. The maximum absolute atomic E-state index is 12.2. The topological polar surface area (TPSA) is 110 Å². The van der Waals surface area contributed by atoms with E-state index in [9.17, 15) is 13.2 Å². The standard InChI is InChI=1S/C14H25N5O3S/c1-4-19-11(3)13(10(2)17-19)7-16-14(20)18-6-5-12(8-18)9-23(15,21)22/h12H,4-9H2,1-3H3,(H,16,20)(H2,15,21,22)/t12-/m1/s1. The lowest BCUT2D eigenvalue weighted by Gasteiger charge is -2.17. The van der Waals surface area contributed by atoms with Gasteiger partial charge in [0, 0.05) is 37.4 Å². The number of amides is 2. The van der Waals surface area contributed by atoms with E-state index in [-0.39, 0.29) is 17.7 Å². The van der Waals surface area contributed by atoms with Crippen molar-refractivity contribution >= 4 is 16.1 Å². The molecule has 23 heavy (non-hydrogen) atoms. The summed E-state index contributed by atoms with van der Waals surface area (Å²) >= 11 is 0. The first-order chi connectivity index (χ1) is 10.7. The molecule has 2 rings (SSSR count). The van der Waals surface area contributed by atoms with E-state index < -0.39 is 10.0 Å². The third-order valence-electron chi connectivity index (χ3n) is 4.29. The van der Waals surface area contributed by atoms with E-state index in [0.717, 1.165) is 23.5 Å². The van der Waals surface area contributed by atoms with Gasteiger partial charge in [0.1, 0.15) is 0 Å². The maximum Gasteiger partial charge on any atom is 0.317 e. The predicted octanol–water partition coefficient (Wildman–Crippen LogP) is 0.340. The second kappa shape index (κ2) is 6.88. The number of sulfonamides is 1. The molecule has 0 aliphatic carbocycles. The SMILES string of the molecule is CCn1nc(C)c(CNC(=O)N2CC[C@@H](CS(N)(=O)=O)C2)c1C. The molecule has 3 N–H and O–H groups in total. The highest BCUT2D eigenvalue weighted by atomic mass is 32.2.